The molecule has 11 rings (SSSR count). The maximum atomic E-state index is 5.35. The zero-order valence-electron chi connectivity index (χ0n) is 41.3. The summed E-state index contributed by atoms with van der Waals surface area (Å²) in [6.45, 7) is 15.0. The molecule has 0 spiro atoms. The number of fused-ring (bicyclic) bond motifs is 3. The molecular formula is C68H60N4. The highest BCUT2D eigenvalue weighted by atomic mass is 14.9. The Hall–Kier alpha value is -8.08. The average molecular weight is 933 g/mol. The second-order valence-corrected chi connectivity index (χ2v) is 19.9. The van der Waals surface area contributed by atoms with E-state index in [1.807, 2.05) is 12.2 Å². The minimum Gasteiger partial charge on any atom is -0.280 e. The van der Waals surface area contributed by atoms with Gasteiger partial charge in [-0.05, 0) is 136 Å². The van der Waals surface area contributed by atoms with Gasteiger partial charge < -0.3 is 0 Å². The summed E-state index contributed by atoms with van der Waals surface area (Å²) in [6.07, 6.45) is 31.6. The molecule has 1 saturated carbocycles. The first-order valence-electron chi connectivity index (χ1n) is 25.7. The summed E-state index contributed by atoms with van der Waals surface area (Å²) >= 11 is 0. The molecule has 72 heavy (non-hydrogen) atoms. The second-order valence-electron chi connectivity index (χ2n) is 19.9. The van der Waals surface area contributed by atoms with Crippen LogP contribution in [0.5, 0.6) is 0 Å². The van der Waals surface area contributed by atoms with E-state index >= 15 is 0 Å². The van der Waals surface area contributed by atoms with Crippen LogP contribution >= 0.6 is 0 Å². The monoisotopic (exact) mass is 932 g/mol. The van der Waals surface area contributed by atoms with Gasteiger partial charge in [0.1, 0.15) is 0 Å². The Morgan fingerprint density at radius 2 is 1.42 bits per heavy atom. The fourth-order valence-corrected chi connectivity index (χ4v) is 11.3. The van der Waals surface area contributed by atoms with Crippen LogP contribution in [-0.2, 0) is 12.0 Å². The Morgan fingerprint density at radius 3 is 2.18 bits per heavy atom. The first-order valence-corrected chi connectivity index (χ1v) is 25.7. The van der Waals surface area contributed by atoms with Gasteiger partial charge in [-0.15, -0.1) is 0 Å². The third-order valence-electron chi connectivity index (χ3n) is 15.5. The molecule has 2 unspecified atom stereocenters. The Labute approximate surface area is 425 Å². The maximum Gasteiger partial charge on any atom is 0.160 e. The fraction of sp³-hybridized carbons (Fsp3) is 0.176. The molecule has 4 aliphatic rings. The van der Waals surface area contributed by atoms with Crippen LogP contribution in [-0.4, -0.2) is 22.4 Å². The van der Waals surface area contributed by atoms with Crippen molar-refractivity contribution in [2.24, 2.45) is 15.9 Å². The van der Waals surface area contributed by atoms with Crippen LogP contribution in [0.3, 0.4) is 0 Å². The van der Waals surface area contributed by atoms with Crippen molar-refractivity contribution in [3.8, 4) is 33.9 Å². The summed E-state index contributed by atoms with van der Waals surface area (Å²) < 4.78 is 0. The summed E-state index contributed by atoms with van der Waals surface area (Å²) in [6, 6.07) is 48.6. The minimum atomic E-state index is -0.0927. The van der Waals surface area contributed by atoms with Crippen molar-refractivity contribution in [2.75, 3.05) is 0 Å². The topological polar surface area (TPSA) is 50.5 Å². The molecule has 1 fully saturated rings. The summed E-state index contributed by atoms with van der Waals surface area (Å²) in [5.74, 6) is 1.56. The van der Waals surface area contributed by atoms with Crippen molar-refractivity contribution >= 4 is 47.1 Å². The number of allylic oxidation sites excluding steroid dienone is 10. The van der Waals surface area contributed by atoms with Gasteiger partial charge in [0.15, 0.2) is 5.82 Å². The zero-order valence-corrected chi connectivity index (χ0v) is 41.3. The van der Waals surface area contributed by atoms with Gasteiger partial charge >= 0.3 is 0 Å². The molecular weight excluding hydrogens is 873 g/mol. The average Bonchev–Trinajstić information content (AvgIpc) is 3.45. The quantitative estimate of drug-likeness (QED) is 0.108. The fourth-order valence-electron chi connectivity index (χ4n) is 11.3. The first kappa shape index (κ1) is 46.3. The van der Waals surface area contributed by atoms with Gasteiger partial charge in [-0.2, -0.15) is 0 Å². The van der Waals surface area contributed by atoms with E-state index in [9.17, 15) is 0 Å². The van der Waals surface area contributed by atoms with Gasteiger partial charge in [0.05, 0.1) is 29.3 Å². The molecule has 1 heterocycles. The van der Waals surface area contributed by atoms with Crippen molar-refractivity contribution in [1.82, 2.24) is 9.97 Å². The molecule has 0 N–H and O–H groups in total. The smallest absolute Gasteiger partial charge is 0.160 e. The molecule has 352 valence electrons. The molecule has 0 radical (unpaired) electrons. The molecule has 4 nitrogen and oxygen atoms in total. The van der Waals surface area contributed by atoms with Gasteiger partial charge in [-0.25, -0.2) is 9.97 Å². The number of aromatic nitrogens is 2. The van der Waals surface area contributed by atoms with Gasteiger partial charge in [0.2, 0.25) is 0 Å². The van der Waals surface area contributed by atoms with Gasteiger partial charge in [-0.3, -0.25) is 9.98 Å². The zero-order chi connectivity index (χ0) is 49.0. The van der Waals surface area contributed by atoms with Gasteiger partial charge in [0, 0.05) is 33.6 Å². The van der Waals surface area contributed by atoms with Crippen molar-refractivity contribution in [2.45, 2.75) is 69.7 Å². The van der Waals surface area contributed by atoms with Gasteiger partial charge in [-0.1, -0.05) is 203 Å². The number of nitrogens with zero attached hydrogens (tertiary/aromatic N) is 4. The largest absolute Gasteiger partial charge is 0.280 e. The van der Waals surface area contributed by atoms with Crippen LogP contribution in [0.1, 0.15) is 102 Å². The maximum absolute atomic E-state index is 5.35. The number of hydrogen-bond acceptors (Lipinski definition) is 4. The van der Waals surface area contributed by atoms with Gasteiger partial charge in [0.25, 0.3) is 0 Å². The Balaban J connectivity index is 0.912. The molecule has 0 aliphatic heterocycles. The van der Waals surface area contributed by atoms with Crippen LogP contribution in [0, 0.1) is 5.92 Å². The van der Waals surface area contributed by atoms with E-state index in [0.717, 1.165) is 87.4 Å². The first-order chi connectivity index (χ1) is 35.4. The lowest BCUT2D eigenvalue weighted by Gasteiger charge is -2.39. The van der Waals surface area contributed by atoms with E-state index in [0.29, 0.717) is 24.2 Å². The molecule has 4 aliphatic carbocycles. The number of rotatable bonds is 13. The van der Waals surface area contributed by atoms with Crippen LogP contribution in [0.2, 0.25) is 0 Å². The molecule has 2 atom stereocenters. The van der Waals surface area contributed by atoms with Crippen LogP contribution in [0.4, 0.5) is 0 Å². The van der Waals surface area contributed by atoms with Crippen molar-refractivity contribution in [1.29, 1.82) is 0 Å². The van der Waals surface area contributed by atoms with Crippen molar-refractivity contribution in [3.63, 3.8) is 0 Å². The molecule has 6 aromatic carbocycles. The molecule has 1 aromatic heterocycles. The van der Waals surface area contributed by atoms with Crippen LogP contribution < -0.4 is 0 Å². The predicted octanol–water partition coefficient (Wildman–Crippen LogP) is 17.4. The summed E-state index contributed by atoms with van der Waals surface area (Å²) in [5, 5.41) is 2.37. The van der Waals surface area contributed by atoms with Crippen LogP contribution in [0.15, 0.2) is 216 Å². The molecule has 0 amide bonds. The number of aliphatic imine (C=N–C) groups is 2. The highest BCUT2D eigenvalue weighted by Crippen LogP contribution is 2.46. The molecule has 7 aromatic rings. The third kappa shape index (κ3) is 9.33. The lowest BCUT2D eigenvalue weighted by Crippen LogP contribution is -2.30. The molecule has 0 bridgehead atoms. The second kappa shape index (κ2) is 20.3. The SMILES string of the molecule is C=Cc1ccc(-c2cc(-c3ccc4c(c3)C(C)CC=C4)nc(-c3ccc(C4(c5ccc(CN=C(/C=C(\N=C)c6ccc7ccccc7c6)C6=CCC7C=CC=CC7=C6)cc5)CCCCC4)cc3)n2)cc1C=C. The standard InChI is InChI=1S/C68H60N4/c1-5-48-23-27-58(39-49(48)6-2)65-44-66(59-30-26-52-20-14-15-46(3)62(52)42-59)72-67(71-65)53-31-35-61(36-32-53)68(37-12-7-13-38-68)60-33-21-47(22-34-60)45-70-64(57-29-25-51-17-9-11-19-55(51)41-57)43-63(69-4)56-28-24-50-16-8-10-18-54(50)40-56/h5-6,8-11,14,16-24,26-36,39-44,46,51H,1-2,4,7,12-13,15,25,37-38,45H2,3H3/b63-43-,70-64?. The third-order valence-corrected chi connectivity index (χ3v) is 15.5. The van der Waals surface area contributed by atoms with E-state index in [1.165, 1.54) is 63.4 Å². The van der Waals surface area contributed by atoms with Crippen molar-refractivity contribution < 1.29 is 0 Å². The summed E-state index contributed by atoms with van der Waals surface area (Å²) in [7, 11) is 0. The lowest BCUT2D eigenvalue weighted by molar-refractivity contribution is 0.346. The summed E-state index contributed by atoms with van der Waals surface area (Å²) in [5.41, 5.74) is 18.6. The lowest BCUT2D eigenvalue weighted by atomic mass is 9.65. The van der Waals surface area contributed by atoms with E-state index in [1.54, 1.807) is 0 Å². The number of hydrogen-bond donors (Lipinski definition) is 0. The van der Waals surface area contributed by atoms with E-state index in [2.05, 4.69) is 220 Å². The number of benzene rings is 6. The van der Waals surface area contributed by atoms with E-state index < -0.39 is 0 Å². The Bertz CT molecular complexity index is 3470. The van der Waals surface area contributed by atoms with Crippen LogP contribution in [0.25, 0.3) is 68.6 Å². The summed E-state index contributed by atoms with van der Waals surface area (Å²) in [4.78, 5) is 20.5. The normalized spacial score (nSPS) is 18.2. The Morgan fingerprint density at radius 1 is 0.694 bits per heavy atom. The minimum absolute atomic E-state index is 0.0927. The molecule has 0 saturated heterocycles. The molecule has 4 heteroatoms. The van der Waals surface area contributed by atoms with Crippen molar-refractivity contribution in [3.05, 3.63) is 251 Å². The highest BCUT2D eigenvalue weighted by molar-refractivity contribution is 6.14. The highest BCUT2D eigenvalue weighted by Gasteiger charge is 2.36. The van der Waals surface area contributed by atoms with E-state index in [4.69, 9.17) is 15.0 Å². The predicted molar refractivity (Wildman–Crippen MR) is 306 cm³/mol. The Kier molecular flexibility index (Phi) is 13.1. The van der Waals surface area contributed by atoms with E-state index in [-0.39, 0.29) is 5.41 Å².